The number of nitrogens with two attached hydrogens (primary N) is 2. The molecule has 2 bridgehead atoms. The Balaban J connectivity index is 0.564. The fourth-order valence-corrected chi connectivity index (χ4v) is 14.0. The maximum Gasteiger partial charge on any atom is 0.243 e. The van der Waals surface area contributed by atoms with Crippen molar-refractivity contribution < 1.29 is 33.8 Å². The van der Waals surface area contributed by atoms with E-state index in [1.54, 1.807) is 17.6 Å². The number of aliphatic hydroxyl groups excluding tert-OH is 1. The van der Waals surface area contributed by atoms with Gasteiger partial charge in [0.25, 0.3) is 0 Å². The van der Waals surface area contributed by atoms with Crippen LogP contribution in [0, 0.1) is 11.8 Å². The molecule has 9 heterocycles. The lowest BCUT2D eigenvalue weighted by molar-refractivity contribution is -0.141. The summed E-state index contributed by atoms with van der Waals surface area (Å²) >= 11 is 1.48. The number of aromatic nitrogens is 5. The number of nitrogen functional groups attached to an aromatic ring is 2. The van der Waals surface area contributed by atoms with Gasteiger partial charge in [-0.2, -0.15) is 0 Å². The van der Waals surface area contributed by atoms with Crippen LogP contribution in [0.3, 0.4) is 0 Å². The number of carbonyl (C=O) groups is 2. The van der Waals surface area contributed by atoms with Crippen LogP contribution in [-0.2, 0) is 14.3 Å². The number of phenolic OH excluding ortho intramolecular Hbond substituents is 1. The number of ether oxygens (including phenoxy) is 2. The number of rotatable bonds is 17. The number of piperidine rings is 2. The maximum atomic E-state index is 14.4. The number of nitrogens with zero attached hydrogens (tertiary/aromatic N) is 10. The van der Waals surface area contributed by atoms with Gasteiger partial charge in [0, 0.05) is 113 Å². The molecule has 6 fully saturated rings. The molecule has 1 saturated carbocycles. The number of para-hydroxylation sites is 1. The fourth-order valence-electron chi connectivity index (χ4n) is 13.3. The second-order valence-electron chi connectivity index (χ2n) is 23.6. The lowest BCUT2D eigenvalue weighted by Crippen LogP contribution is -2.54. The van der Waals surface area contributed by atoms with Crippen molar-refractivity contribution in [1.82, 2.24) is 40.4 Å². The van der Waals surface area contributed by atoms with E-state index in [0.717, 1.165) is 130 Å². The summed E-state index contributed by atoms with van der Waals surface area (Å²) in [7, 11) is 0. The number of anilines is 5. The maximum absolute atomic E-state index is 14.4. The molecule has 0 radical (unpaired) electrons. The quantitative estimate of drug-likeness (QED) is 0.0602. The molecule has 1 aliphatic carbocycles. The number of carbonyl (C=O) groups excluding carboxylic acids is 2. The van der Waals surface area contributed by atoms with E-state index < -0.39 is 18.1 Å². The Kier molecular flexibility index (Phi) is 15.8. The molecule has 6 aliphatic rings. The molecule has 81 heavy (non-hydrogen) atoms. The number of benzene rings is 2. The van der Waals surface area contributed by atoms with E-state index in [-0.39, 0.29) is 60.8 Å². The van der Waals surface area contributed by atoms with Crippen molar-refractivity contribution in [3.63, 3.8) is 0 Å². The van der Waals surface area contributed by atoms with Gasteiger partial charge in [0.1, 0.15) is 29.6 Å². The van der Waals surface area contributed by atoms with Gasteiger partial charge >= 0.3 is 0 Å². The molecular formula is C60H75N13O7S. The van der Waals surface area contributed by atoms with Crippen molar-refractivity contribution in [2.45, 2.75) is 133 Å². The smallest absolute Gasteiger partial charge is 0.243 e. The van der Waals surface area contributed by atoms with Crippen molar-refractivity contribution in [3.05, 3.63) is 95.8 Å². The first-order valence-corrected chi connectivity index (χ1v) is 29.9. The highest BCUT2D eigenvalue weighted by atomic mass is 32.1. The van der Waals surface area contributed by atoms with E-state index in [0.29, 0.717) is 52.5 Å². The molecule has 428 valence electrons. The number of piperazine rings is 1. The summed E-state index contributed by atoms with van der Waals surface area (Å²) in [4.78, 5) is 49.1. The SMILES string of the molecule is CC(C)[C@H](C(=O)N1C[C@H](O)C[C@H]1C(=O)N[C@@H](C)c1ccc(-c2scnc2N)cc1)c1cc(N2CCC(CN3CCC(O[C@H]4C[C@H](Oc5cc(N6C7CCC6CN(c6cc(-c8ccccc8O)nnc6N)C7)ccn5)C4)CC3)CC2)no1. The first-order chi connectivity index (χ1) is 39.3. The van der Waals surface area contributed by atoms with Crippen molar-refractivity contribution in [3.8, 4) is 33.3 Å². The predicted octanol–water partition coefficient (Wildman–Crippen LogP) is 7.26. The normalized spacial score (nSPS) is 24.4. The number of fused-ring (bicyclic) bond motifs is 2. The molecule has 20 nitrogen and oxygen atoms in total. The Morgan fingerprint density at radius 2 is 1.57 bits per heavy atom. The van der Waals surface area contributed by atoms with Gasteiger partial charge in [0.2, 0.25) is 17.7 Å². The minimum absolute atomic E-state index is 0.0726. The van der Waals surface area contributed by atoms with E-state index >= 15 is 0 Å². The Labute approximate surface area is 476 Å². The van der Waals surface area contributed by atoms with Crippen LogP contribution in [0.4, 0.5) is 28.8 Å². The van der Waals surface area contributed by atoms with Crippen molar-refractivity contribution >= 4 is 52.0 Å². The number of phenols is 1. The van der Waals surface area contributed by atoms with Crippen LogP contribution in [0.25, 0.3) is 21.7 Å². The highest BCUT2D eigenvalue weighted by molar-refractivity contribution is 7.13. The fraction of sp³-hybridized carbons (Fsp3) is 0.517. The third-order valence-electron chi connectivity index (χ3n) is 17.8. The lowest BCUT2D eigenvalue weighted by Gasteiger charge is -2.43. The molecule has 6 atom stereocenters. The number of nitrogens with one attached hydrogen (secondary N) is 1. The molecule has 7 N–H and O–H groups in total. The standard InChI is InChI=1S/C60H75N13O7S/c1-35(2)55(60(77)72-33-43(74)25-50(72)59(76)65-36(3)38-8-10-39(11-9-38)56-58(62)64-34-81-56)52-29-53(68-80-52)70-22-15-37(16-23-70)30-69-20-17-44(18-21-69)78-45-26-46(27-45)79-54-24-40(14-19-63-54)73-41-12-13-42(73)32-71(31-41)49-28-48(66-67-57(49)61)47-6-4-5-7-51(47)75/h4-11,14,19,24,28-29,34-37,41-46,50,55,74-75H,12-13,15-18,20-23,25-27,30-33,62H2,1-3H3,(H2,61,67)(H,65,76)/t36-,41?,42?,43+,45-,46-,50-,55-/m0/s1. The first kappa shape index (κ1) is 54.5. The van der Waals surface area contributed by atoms with Gasteiger partial charge in [-0.25, -0.2) is 9.97 Å². The van der Waals surface area contributed by atoms with E-state index in [1.165, 1.54) is 16.2 Å². The second kappa shape index (κ2) is 23.4. The van der Waals surface area contributed by atoms with Crippen molar-refractivity contribution in [2.75, 3.05) is 78.5 Å². The molecule has 4 aromatic heterocycles. The Morgan fingerprint density at radius 3 is 2.28 bits per heavy atom. The molecule has 0 spiro atoms. The number of amides is 2. The summed E-state index contributed by atoms with van der Waals surface area (Å²) < 4.78 is 19.0. The number of likely N-dealkylation sites (tertiary alicyclic amines) is 2. The van der Waals surface area contributed by atoms with E-state index in [4.69, 9.17) is 25.5 Å². The van der Waals surface area contributed by atoms with Gasteiger partial charge < -0.3 is 65.5 Å². The molecule has 12 rings (SSSR count). The first-order valence-electron chi connectivity index (χ1n) is 29.0. The van der Waals surface area contributed by atoms with Crippen LogP contribution in [-0.4, -0.2) is 152 Å². The largest absolute Gasteiger partial charge is 0.507 e. The van der Waals surface area contributed by atoms with E-state index in [9.17, 15) is 19.8 Å². The average molecular weight is 1120 g/mol. The number of aromatic hydroxyl groups is 1. The second-order valence-corrected chi connectivity index (χ2v) is 24.4. The number of β-amino-alcohol motifs (C(OH)–C–C–N with tert-alkyl or cyclic N) is 1. The van der Waals surface area contributed by atoms with Gasteiger partial charge in [-0.05, 0) is 92.7 Å². The third kappa shape index (κ3) is 11.7. The molecule has 2 aromatic carbocycles. The highest BCUT2D eigenvalue weighted by Gasteiger charge is 2.45. The number of thiazole rings is 1. The van der Waals surface area contributed by atoms with Crippen molar-refractivity contribution in [1.29, 1.82) is 0 Å². The molecular weight excluding hydrogens is 1050 g/mol. The highest BCUT2D eigenvalue weighted by Crippen LogP contribution is 2.41. The molecule has 5 aliphatic heterocycles. The van der Waals surface area contributed by atoms with E-state index in [2.05, 4.69) is 62.4 Å². The van der Waals surface area contributed by atoms with Gasteiger partial charge in [-0.3, -0.25) is 9.59 Å². The zero-order valence-corrected chi connectivity index (χ0v) is 47.2. The third-order valence-corrected chi connectivity index (χ3v) is 18.7. The monoisotopic (exact) mass is 1120 g/mol. The summed E-state index contributed by atoms with van der Waals surface area (Å²) in [6.45, 7) is 12.4. The Bertz CT molecular complexity index is 3140. The summed E-state index contributed by atoms with van der Waals surface area (Å²) in [6, 6.07) is 22.5. The summed E-state index contributed by atoms with van der Waals surface area (Å²) in [5.41, 5.74) is 19.2. The minimum Gasteiger partial charge on any atom is -0.507 e. The Morgan fingerprint density at radius 1 is 0.815 bits per heavy atom. The molecule has 6 aromatic rings. The molecule has 2 amide bonds. The van der Waals surface area contributed by atoms with Gasteiger partial charge in [0.05, 0.1) is 46.1 Å². The minimum atomic E-state index is -0.817. The number of pyridine rings is 1. The van der Waals surface area contributed by atoms with Crippen LogP contribution in [0.5, 0.6) is 11.6 Å². The number of hydrogen-bond acceptors (Lipinski definition) is 19. The lowest BCUT2D eigenvalue weighted by atomic mass is 9.91. The molecule has 5 saturated heterocycles. The summed E-state index contributed by atoms with van der Waals surface area (Å²) in [5.74, 6) is 2.13. The molecule has 2 unspecified atom stereocenters. The topological polar surface area (TPSA) is 251 Å². The number of hydrogen-bond donors (Lipinski definition) is 5. The van der Waals surface area contributed by atoms with Crippen LogP contribution in [0.2, 0.25) is 0 Å². The van der Waals surface area contributed by atoms with Gasteiger partial charge in [-0.1, -0.05) is 55.4 Å². The zero-order valence-electron chi connectivity index (χ0n) is 46.4. The van der Waals surface area contributed by atoms with Crippen LogP contribution >= 0.6 is 11.3 Å². The Hall–Kier alpha value is -7.07. The predicted molar refractivity (Wildman–Crippen MR) is 311 cm³/mol. The van der Waals surface area contributed by atoms with Crippen molar-refractivity contribution in [2.24, 2.45) is 11.8 Å². The average Bonchev–Trinajstić information content (AvgIpc) is 4.30. The summed E-state index contributed by atoms with van der Waals surface area (Å²) in [5, 5.41) is 37.4. The van der Waals surface area contributed by atoms with Crippen LogP contribution in [0.15, 0.2) is 89.0 Å². The van der Waals surface area contributed by atoms with Crippen LogP contribution in [0.1, 0.15) is 102 Å². The zero-order chi connectivity index (χ0) is 55.9. The number of aliphatic hydroxyl groups is 1. The van der Waals surface area contributed by atoms with Gasteiger partial charge in [-0.15, -0.1) is 21.5 Å². The molecule has 21 heteroatoms. The van der Waals surface area contributed by atoms with Gasteiger partial charge in [0.15, 0.2) is 17.4 Å². The summed E-state index contributed by atoms with van der Waals surface area (Å²) in [6.07, 6.45) is 9.78. The van der Waals surface area contributed by atoms with Crippen LogP contribution < -0.4 is 36.2 Å². The van der Waals surface area contributed by atoms with E-state index in [1.807, 2.05) is 75.5 Å².